The summed E-state index contributed by atoms with van der Waals surface area (Å²) in [6, 6.07) is 5.25. The minimum absolute atomic E-state index is 0.192. The standard InChI is InChI=1S/C17H21BrN4O8S/c18-22(30,10-4-2-1-3-5-10)17(29)31-9-12(15(26)20-8-14(24)25)21-13(23)7-6-11(19)16(27)28/h1-5,11-12,30H,6-9,19H2,(H3-,20,21,23,24,25,26,27,28)/p+1. The summed E-state index contributed by atoms with van der Waals surface area (Å²) in [7, 11) is 0. The van der Waals surface area contributed by atoms with Crippen molar-refractivity contribution in [1.82, 2.24) is 14.3 Å². The number of hydrogen-bond donors (Lipinski definition) is 6. The minimum Gasteiger partial charge on any atom is -0.480 e. The Bertz CT molecular complexity index is 824. The van der Waals surface area contributed by atoms with Crippen LogP contribution in [0, 0.1) is 0 Å². The van der Waals surface area contributed by atoms with Crippen LogP contribution in [0.1, 0.15) is 12.8 Å². The quantitative estimate of drug-likeness (QED) is 0.135. The van der Waals surface area contributed by atoms with Gasteiger partial charge >= 0.3 is 17.2 Å². The Morgan fingerprint density at radius 1 is 1.13 bits per heavy atom. The van der Waals surface area contributed by atoms with Crippen LogP contribution < -0.4 is 20.0 Å². The molecule has 3 amide bonds. The van der Waals surface area contributed by atoms with E-state index >= 15 is 0 Å². The maximum absolute atomic E-state index is 12.5. The van der Waals surface area contributed by atoms with Gasteiger partial charge in [0.2, 0.25) is 11.8 Å². The van der Waals surface area contributed by atoms with Crippen LogP contribution in [0.25, 0.3) is 0 Å². The van der Waals surface area contributed by atoms with Crippen molar-refractivity contribution in [3.8, 4) is 0 Å². The van der Waals surface area contributed by atoms with Gasteiger partial charge in [-0.2, -0.15) is 5.21 Å². The first-order valence-electron chi connectivity index (χ1n) is 8.76. The lowest BCUT2D eigenvalue weighted by Crippen LogP contribution is -2.50. The van der Waals surface area contributed by atoms with E-state index in [1.807, 2.05) is 0 Å². The summed E-state index contributed by atoms with van der Waals surface area (Å²) in [5, 5.41) is 31.4. The molecule has 0 spiro atoms. The van der Waals surface area contributed by atoms with Crippen molar-refractivity contribution in [3.05, 3.63) is 30.3 Å². The monoisotopic (exact) mass is 521 g/mol. The second-order valence-corrected chi connectivity index (χ2v) is 8.18. The summed E-state index contributed by atoms with van der Waals surface area (Å²) in [6.45, 7) is -0.712. The topological polar surface area (TPSA) is 196 Å². The summed E-state index contributed by atoms with van der Waals surface area (Å²) in [5.74, 6) is -4.53. The predicted molar refractivity (Wildman–Crippen MR) is 114 cm³/mol. The minimum atomic E-state index is -1.33. The molecule has 3 atom stereocenters. The number of carboxylic acid groups (broad SMARTS) is 2. The van der Waals surface area contributed by atoms with E-state index in [2.05, 4.69) is 26.8 Å². The van der Waals surface area contributed by atoms with E-state index in [1.165, 1.54) is 12.1 Å². The van der Waals surface area contributed by atoms with Crippen molar-refractivity contribution >= 4 is 62.6 Å². The Hall–Kier alpha value is -2.52. The molecule has 14 heteroatoms. The molecule has 0 aliphatic heterocycles. The highest BCUT2D eigenvalue weighted by Crippen LogP contribution is 2.30. The molecule has 1 aromatic rings. The molecule has 0 radical (unpaired) electrons. The highest BCUT2D eigenvalue weighted by Gasteiger charge is 2.38. The van der Waals surface area contributed by atoms with Crippen LogP contribution in [0.2, 0.25) is 0 Å². The number of amides is 3. The Labute approximate surface area is 189 Å². The Morgan fingerprint density at radius 2 is 1.74 bits per heavy atom. The fourth-order valence-corrected chi connectivity index (χ4v) is 3.48. The van der Waals surface area contributed by atoms with Crippen LogP contribution in [0.5, 0.6) is 0 Å². The molecule has 0 aliphatic rings. The number of nitrogens with two attached hydrogens (primary N) is 1. The van der Waals surface area contributed by atoms with Gasteiger partial charge in [0.1, 0.15) is 18.6 Å². The van der Waals surface area contributed by atoms with Gasteiger partial charge in [-0.25, -0.2) is 4.79 Å². The molecule has 7 N–H and O–H groups in total. The van der Waals surface area contributed by atoms with E-state index in [0.29, 0.717) is 11.8 Å². The number of aliphatic carboxylic acids is 2. The lowest BCUT2D eigenvalue weighted by molar-refractivity contribution is -0.139. The SMILES string of the molecule is NC(CCC(=O)NC(CSC(=O)[N+](O)(Br)c1ccccc1)C(=O)NCC(=O)O)C(=O)O. The normalized spacial score (nSPS) is 14.5. The van der Waals surface area contributed by atoms with E-state index in [1.54, 1.807) is 18.2 Å². The van der Waals surface area contributed by atoms with Crippen LogP contribution >= 0.6 is 27.9 Å². The molecule has 3 unspecified atom stereocenters. The number of nitrogens with one attached hydrogen (secondary N) is 2. The van der Waals surface area contributed by atoms with Crippen LogP contribution in [0.4, 0.5) is 10.5 Å². The first-order valence-corrected chi connectivity index (χ1v) is 10.5. The molecular formula is C17H22BrN4O8S+. The number of halogens is 1. The molecule has 0 aliphatic carbocycles. The maximum Gasteiger partial charge on any atom is 0.423 e. The number of para-hydroxylation sites is 1. The molecule has 0 fully saturated rings. The van der Waals surface area contributed by atoms with Crippen LogP contribution in [0.15, 0.2) is 30.3 Å². The number of hydrogen-bond acceptors (Lipinski definition) is 8. The number of nitrogens with zero attached hydrogens (tertiary/aromatic N) is 1. The molecule has 0 heterocycles. The van der Waals surface area contributed by atoms with E-state index in [-0.39, 0.29) is 24.3 Å². The van der Waals surface area contributed by atoms with Crippen molar-refractivity contribution in [2.75, 3.05) is 12.3 Å². The van der Waals surface area contributed by atoms with Crippen molar-refractivity contribution in [2.45, 2.75) is 24.9 Å². The number of benzene rings is 1. The van der Waals surface area contributed by atoms with E-state index in [0.717, 1.165) is 0 Å². The number of carbonyl (C=O) groups excluding carboxylic acids is 3. The smallest absolute Gasteiger partial charge is 0.423 e. The number of thioether (sulfide) groups is 1. The van der Waals surface area contributed by atoms with Gasteiger partial charge in [0.25, 0.3) is 16.1 Å². The molecule has 12 nitrogen and oxygen atoms in total. The lowest BCUT2D eigenvalue weighted by Gasteiger charge is -2.20. The zero-order chi connectivity index (χ0) is 23.6. The molecule has 0 bridgehead atoms. The average molecular weight is 522 g/mol. The predicted octanol–water partition coefficient (Wildman–Crippen LogP) is 0.424. The fraction of sp³-hybridized carbons (Fsp3) is 0.353. The van der Waals surface area contributed by atoms with Gasteiger partial charge in [-0.3, -0.25) is 19.2 Å². The summed E-state index contributed by atoms with van der Waals surface area (Å²) < 4.78 is -1.30. The second-order valence-electron chi connectivity index (χ2n) is 6.18. The fourth-order valence-electron chi connectivity index (χ4n) is 2.12. The van der Waals surface area contributed by atoms with Crippen molar-refractivity contribution in [1.29, 1.82) is 0 Å². The van der Waals surface area contributed by atoms with Gasteiger partial charge < -0.3 is 26.6 Å². The van der Waals surface area contributed by atoms with E-state index in [4.69, 9.17) is 15.9 Å². The number of carbonyl (C=O) groups is 5. The van der Waals surface area contributed by atoms with Gasteiger partial charge in [0.05, 0.1) is 0 Å². The Balaban J connectivity index is 2.80. The first kappa shape index (κ1) is 26.5. The summed E-state index contributed by atoms with van der Waals surface area (Å²) in [5.41, 5.74) is 5.52. The largest absolute Gasteiger partial charge is 0.480 e. The van der Waals surface area contributed by atoms with Crippen LogP contribution in [-0.2, 0) is 19.2 Å². The maximum atomic E-state index is 12.5. The number of hydroxylamine groups is 1. The first-order chi connectivity index (χ1) is 14.4. The summed E-state index contributed by atoms with van der Waals surface area (Å²) in [6.07, 6.45) is -0.500. The highest BCUT2D eigenvalue weighted by molar-refractivity contribution is 9.09. The van der Waals surface area contributed by atoms with Crippen molar-refractivity contribution < 1.29 is 39.4 Å². The third kappa shape index (κ3) is 9.02. The van der Waals surface area contributed by atoms with Gasteiger partial charge in [-0.1, -0.05) is 18.2 Å². The van der Waals surface area contributed by atoms with Gasteiger partial charge in [-0.05, 0) is 21.9 Å². The average Bonchev–Trinajstić information content (AvgIpc) is 2.73. The van der Waals surface area contributed by atoms with Crippen LogP contribution in [0.3, 0.4) is 0 Å². The Morgan fingerprint density at radius 3 is 2.29 bits per heavy atom. The zero-order valence-corrected chi connectivity index (χ0v) is 18.5. The second kappa shape index (κ2) is 12.4. The highest BCUT2D eigenvalue weighted by atomic mass is 79.9. The van der Waals surface area contributed by atoms with Gasteiger partial charge in [0, 0.05) is 24.3 Å². The summed E-state index contributed by atoms with van der Waals surface area (Å²) >= 11 is 3.40. The molecule has 170 valence electrons. The van der Waals surface area contributed by atoms with E-state index < -0.39 is 51.3 Å². The van der Waals surface area contributed by atoms with Crippen LogP contribution in [-0.4, -0.2) is 68.8 Å². The van der Waals surface area contributed by atoms with Crippen molar-refractivity contribution in [2.24, 2.45) is 5.73 Å². The third-order valence-corrected chi connectivity index (χ3v) is 5.76. The molecule has 1 rings (SSSR count). The third-order valence-electron chi connectivity index (χ3n) is 3.78. The van der Waals surface area contributed by atoms with Gasteiger partial charge in [0.15, 0.2) is 5.69 Å². The molecule has 0 aromatic heterocycles. The zero-order valence-electron chi connectivity index (χ0n) is 16.1. The van der Waals surface area contributed by atoms with Gasteiger partial charge in [-0.15, -0.1) is 0 Å². The molecule has 1 aromatic carbocycles. The number of rotatable bonds is 11. The molecular weight excluding hydrogens is 500 g/mol. The Kier molecular flexibility index (Phi) is 10.6. The molecule has 0 saturated heterocycles. The van der Waals surface area contributed by atoms with Crippen molar-refractivity contribution in [3.63, 3.8) is 0 Å². The molecule has 0 saturated carbocycles. The molecule has 31 heavy (non-hydrogen) atoms. The van der Waals surface area contributed by atoms with E-state index in [9.17, 15) is 29.2 Å². The number of quaternary nitrogens is 1. The summed E-state index contributed by atoms with van der Waals surface area (Å²) in [4.78, 5) is 58.2. The number of carboxylic acids is 2. The lowest BCUT2D eigenvalue weighted by atomic mass is 10.1.